The molecule has 0 saturated carbocycles. The Labute approximate surface area is 149 Å². The highest BCUT2D eigenvalue weighted by atomic mass is 16.5. The van der Waals surface area contributed by atoms with Crippen LogP contribution in [-0.2, 0) is 27.8 Å². The molecule has 3 rings (SSSR count). The number of methoxy groups -OCH3 is 1. The van der Waals surface area contributed by atoms with E-state index in [0.29, 0.717) is 25.7 Å². The third-order valence-electron chi connectivity index (χ3n) is 5.24. The summed E-state index contributed by atoms with van der Waals surface area (Å²) in [6, 6.07) is 16.1. The number of ether oxygens (including phenoxy) is 1. The molecule has 0 saturated heterocycles. The molecule has 0 aromatic heterocycles. The molecule has 1 aliphatic rings. The fraction of sp³-hybridized carbons (Fsp3) is 0.364. The van der Waals surface area contributed by atoms with Gasteiger partial charge in [-0.2, -0.15) is 0 Å². The standard InChI is InChI=1S/C22H24O3/c1-16(23)12-13-22(15-17-6-4-3-5-7-17)20-10-9-19(25-2)14-18(20)8-11-21(22)24/h3-7,9-10,14H,8,11-13,15H2,1-2H3/t22-/m1/s1. The lowest BCUT2D eigenvalue weighted by Crippen LogP contribution is -2.42. The number of ketones is 2. The summed E-state index contributed by atoms with van der Waals surface area (Å²) in [5.41, 5.74) is 2.74. The van der Waals surface area contributed by atoms with Crippen LogP contribution in [0.25, 0.3) is 0 Å². The van der Waals surface area contributed by atoms with Crippen molar-refractivity contribution in [3.63, 3.8) is 0 Å². The molecule has 0 bridgehead atoms. The molecule has 0 radical (unpaired) electrons. The maximum atomic E-state index is 13.1. The average Bonchev–Trinajstić information content (AvgIpc) is 2.63. The summed E-state index contributed by atoms with van der Waals surface area (Å²) in [5.74, 6) is 1.18. The van der Waals surface area contributed by atoms with Gasteiger partial charge in [0.25, 0.3) is 0 Å². The lowest BCUT2D eigenvalue weighted by molar-refractivity contribution is -0.126. The summed E-state index contributed by atoms with van der Waals surface area (Å²) in [4.78, 5) is 24.8. The van der Waals surface area contributed by atoms with Crippen molar-refractivity contribution in [2.75, 3.05) is 7.11 Å². The summed E-state index contributed by atoms with van der Waals surface area (Å²) in [6.07, 6.45) is 2.88. The molecule has 0 aliphatic heterocycles. The van der Waals surface area contributed by atoms with Crippen molar-refractivity contribution < 1.29 is 14.3 Å². The lowest BCUT2D eigenvalue weighted by Gasteiger charge is -2.38. The molecule has 0 heterocycles. The zero-order valence-corrected chi connectivity index (χ0v) is 14.9. The molecule has 0 fully saturated rings. The molecule has 3 nitrogen and oxygen atoms in total. The van der Waals surface area contributed by atoms with Gasteiger partial charge >= 0.3 is 0 Å². The largest absolute Gasteiger partial charge is 0.497 e. The molecule has 0 N–H and O–H groups in total. The van der Waals surface area contributed by atoms with Crippen LogP contribution in [0.2, 0.25) is 0 Å². The third kappa shape index (κ3) is 3.51. The maximum Gasteiger partial charge on any atom is 0.144 e. The fourth-order valence-corrected chi connectivity index (χ4v) is 3.90. The monoisotopic (exact) mass is 336 g/mol. The van der Waals surface area contributed by atoms with Crippen LogP contribution >= 0.6 is 0 Å². The van der Waals surface area contributed by atoms with Gasteiger partial charge in [0.05, 0.1) is 12.5 Å². The summed E-state index contributed by atoms with van der Waals surface area (Å²) in [6.45, 7) is 1.60. The highest BCUT2D eigenvalue weighted by Gasteiger charge is 2.43. The van der Waals surface area contributed by atoms with E-state index in [9.17, 15) is 9.59 Å². The van der Waals surface area contributed by atoms with Crippen LogP contribution in [0, 0.1) is 0 Å². The SMILES string of the molecule is COc1ccc2c(c1)CCC(=O)[C@]2(CCC(C)=O)Cc1ccccc1. The summed E-state index contributed by atoms with van der Waals surface area (Å²) < 4.78 is 5.35. The van der Waals surface area contributed by atoms with Crippen molar-refractivity contribution in [2.24, 2.45) is 0 Å². The number of carbonyl (C=O) groups is 2. The van der Waals surface area contributed by atoms with Crippen molar-refractivity contribution in [1.29, 1.82) is 0 Å². The molecule has 25 heavy (non-hydrogen) atoms. The van der Waals surface area contributed by atoms with Crippen LogP contribution in [-0.4, -0.2) is 18.7 Å². The second kappa shape index (κ2) is 7.22. The smallest absolute Gasteiger partial charge is 0.144 e. The third-order valence-corrected chi connectivity index (χ3v) is 5.24. The van der Waals surface area contributed by atoms with Gasteiger partial charge in [-0.25, -0.2) is 0 Å². The van der Waals surface area contributed by atoms with Crippen LogP contribution in [0.15, 0.2) is 48.5 Å². The predicted octanol–water partition coefficient (Wildman–Crippen LogP) is 4.06. The zero-order valence-electron chi connectivity index (χ0n) is 14.9. The first-order valence-electron chi connectivity index (χ1n) is 8.79. The number of rotatable bonds is 6. The normalized spacial score (nSPS) is 19.4. The van der Waals surface area contributed by atoms with Crippen molar-refractivity contribution in [2.45, 2.75) is 44.4 Å². The van der Waals surface area contributed by atoms with Gasteiger partial charge in [0.2, 0.25) is 0 Å². The van der Waals surface area contributed by atoms with Gasteiger partial charge in [0.1, 0.15) is 17.3 Å². The Kier molecular flexibility index (Phi) is 5.03. The van der Waals surface area contributed by atoms with E-state index in [1.165, 1.54) is 5.56 Å². The van der Waals surface area contributed by atoms with Gasteiger partial charge in [-0.15, -0.1) is 0 Å². The van der Waals surface area contributed by atoms with E-state index in [4.69, 9.17) is 4.74 Å². The molecular weight excluding hydrogens is 312 g/mol. The van der Waals surface area contributed by atoms with E-state index in [2.05, 4.69) is 12.1 Å². The van der Waals surface area contributed by atoms with E-state index >= 15 is 0 Å². The number of hydrogen-bond donors (Lipinski definition) is 0. The number of Topliss-reactive ketones (excluding diaryl/α,β-unsaturated/α-hetero) is 2. The first kappa shape index (κ1) is 17.4. The van der Waals surface area contributed by atoms with Crippen LogP contribution in [0.5, 0.6) is 5.75 Å². The second-order valence-corrected chi connectivity index (χ2v) is 6.89. The minimum atomic E-state index is -0.618. The predicted molar refractivity (Wildman–Crippen MR) is 98.1 cm³/mol. The Balaban J connectivity index is 2.09. The minimum Gasteiger partial charge on any atom is -0.497 e. The summed E-state index contributed by atoms with van der Waals surface area (Å²) in [5, 5.41) is 0. The second-order valence-electron chi connectivity index (χ2n) is 6.89. The van der Waals surface area contributed by atoms with Gasteiger partial charge in [0.15, 0.2) is 0 Å². The van der Waals surface area contributed by atoms with E-state index in [1.807, 2.05) is 36.4 Å². The molecule has 2 aromatic carbocycles. The quantitative estimate of drug-likeness (QED) is 0.799. The number of fused-ring (bicyclic) bond motifs is 1. The van der Waals surface area contributed by atoms with Crippen LogP contribution in [0.1, 0.15) is 42.9 Å². The van der Waals surface area contributed by atoms with E-state index in [-0.39, 0.29) is 11.6 Å². The highest BCUT2D eigenvalue weighted by molar-refractivity contribution is 5.93. The van der Waals surface area contributed by atoms with Gasteiger partial charge in [-0.1, -0.05) is 36.4 Å². The molecule has 0 unspecified atom stereocenters. The highest BCUT2D eigenvalue weighted by Crippen LogP contribution is 2.42. The molecular formula is C22H24O3. The average molecular weight is 336 g/mol. The minimum absolute atomic E-state index is 0.126. The maximum absolute atomic E-state index is 13.1. The van der Waals surface area contributed by atoms with Crippen LogP contribution in [0.3, 0.4) is 0 Å². The first-order valence-corrected chi connectivity index (χ1v) is 8.79. The summed E-state index contributed by atoms with van der Waals surface area (Å²) >= 11 is 0. The number of carbonyl (C=O) groups excluding carboxylic acids is 2. The Hall–Kier alpha value is -2.42. The summed E-state index contributed by atoms with van der Waals surface area (Å²) in [7, 11) is 1.66. The molecule has 1 atom stereocenters. The van der Waals surface area contributed by atoms with E-state index < -0.39 is 5.41 Å². The Morgan fingerprint density at radius 2 is 1.88 bits per heavy atom. The van der Waals surface area contributed by atoms with Crippen molar-refractivity contribution in [3.05, 3.63) is 65.2 Å². The van der Waals surface area contributed by atoms with Gasteiger partial charge in [-0.3, -0.25) is 4.79 Å². The lowest BCUT2D eigenvalue weighted by atomic mass is 9.63. The van der Waals surface area contributed by atoms with Crippen molar-refractivity contribution in [3.8, 4) is 5.75 Å². The number of hydrogen-bond acceptors (Lipinski definition) is 3. The van der Waals surface area contributed by atoms with Crippen molar-refractivity contribution >= 4 is 11.6 Å². The molecule has 0 amide bonds. The van der Waals surface area contributed by atoms with Gasteiger partial charge in [-0.05, 0) is 55.0 Å². The Bertz CT molecular complexity index is 779. The molecule has 1 aliphatic carbocycles. The molecule has 130 valence electrons. The Morgan fingerprint density at radius 3 is 2.56 bits per heavy atom. The number of benzene rings is 2. The first-order chi connectivity index (χ1) is 12.0. The van der Waals surface area contributed by atoms with Gasteiger partial charge < -0.3 is 9.53 Å². The molecule has 0 spiro atoms. The van der Waals surface area contributed by atoms with E-state index in [0.717, 1.165) is 23.3 Å². The van der Waals surface area contributed by atoms with Gasteiger partial charge in [0, 0.05) is 12.8 Å². The topological polar surface area (TPSA) is 43.4 Å². The molecule has 3 heteroatoms. The fourth-order valence-electron chi connectivity index (χ4n) is 3.90. The van der Waals surface area contributed by atoms with Crippen LogP contribution < -0.4 is 4.74 Å². The molecule has 2 aromatic rings. The van der Waals surface area contributed by atoms with Crippen molar-refractivity contribution in [1.82, 2.24) is 0 Å². The van der Waals surface area contributed by atoms with E-state index in [1.54, 1.807) is 14.0 Å². The Morgan fingerprint density at radius 1 is 1.12 bits per heavy atom. The zero-order chi connectivity index (χ0) is 17.9. The van der Waals surface area contributed by atoms with Crippen LogP contribution in [0.4, 0.5) is 0 Å². The number of aryl methyl sites for hydroxylation is 1.